The van der Waals surface area contributed by atoms with Gasteiger partial charge in [-0.1, -0.05) is 6.92 Å². The van der Waals surface area contributed by atoms with E-state index in [-0.39, 0.29) is 11.9 Å². The van der Waals surface area contributed by atoms with Crippen LogP contribution in [0.25, 0.3) is 0 Å². The molecule has 15 heavy (non-hydrogen) atoms. The summed E-state index contributed by atoms with van der Waals surface area (Å²) in [5.74, 6) is 0.849. The molecule has 0 saturated heterocycles. The number of carbonyl (C=O) groups is 1. The maximum absolute atomic E-state index is 11.2. The molecule has 3 nitrogen and oxygen atoms in total. The highest BCUT2D eigenvalue weighted by molar-refractivity contribution is 5.72. The summed E-state index contributed by atoms with van der Waals surface area (Å²) in [4.78, 5) is 11.2. The zero-order chi connectivity index (χ0) is 10.9. The maximum Gasteiger partial charge on any atom is 0.309 e. The van der Waals surface area contributed by atoms with Crippen molar-refractivity contribution in [3.63, 3.8) is 0 Å². The largest absolute Gasteiger partial charge is 0.469 e. The Hall–Kier alpha value is -0.570. The van der Waals surface area contributed by atoms with Crippen molar-refractivity contribution in [2.45, 2.75) is 32.6 Å². The van der Waals surface area contributed by atoms with Crippen molar-refractivity contribution in [1.82, 2.24) is 5.32 Å². The fourth-order valence-electron chi connectivity index (χ4n) is 2.41. The minimum Gasteiger partial charge on any atom is -0.469 e. The van der Waals surface area contributed by atoms with Crippen molar-refractivity contribution >= 4 is 5.97 Å². The lowest BCUT2D eigenvalue weighted by Gasteiger charge is -2.16. The summed E-state index contributed by atoms with van der Waals surface area (Å²) in [6.07, 6.45) is 5.62. The Bertz CT molecular complexity index is 244. The molecule has 86 valence electrons. The van der Waals surface area contributed by atoms with E-state index in [2.05, 4.69) is 5.32 Å². The van der Waals surface area contributed by atoms with Gasteiger partial charge in [0.05, 0.1) is 13.0 Å². The number of rotatable bonds is 6. The molecular formula is C12H21NO2. The number of methoxy groups -OCH3 is 1. The van der Waals surface area contributed by atoms with Crippen LogP contribution < -0.4 is 5.32 Å². The molecule has 2 saturated carbocycles. The number of ether oxygens (including phenoxy) is 1. The van der Waals surface area contributed by atoms with Gasteiger partial charge in [-0.05, 0) is 37.0 Å². The van der Waals surface area contributed by atoms with Crippen LogP contribution in [0.3, 0.4) is 0 Å². The van der Waals surface area contributed by atoms with Crippen LogP contribution >= 0.6 is 0 Å². The van der Waals surface area contributed by atoms with Gasteiger partial charge >= 0.3 is 5.97 Å². The first-order chi connectivity index (χ1) is 7.18. The van der Waals surface area contributed by atoms with Gasteiger partial charge in [-0.25, -0.2) is 0 Å². The lowest BCUT2D eigenvalue weighted by atomic mass is 10.0. The van der Waals surface area contributed by atoms with Gasteiger partial charge in [0.1, 0.15) is 0 Å². The van der Waals surface area contributed by atoms with Crippen LogP contribution in [0.2, 0.25) is 0 Å². The van der Waals surface area contributed by atoms with E-state index in [9.17, 15) is 4.79 Å². The molecular weight excluding hydrogens is 190 g/mol. The third kappa shape index (κ3) is 2.51. The zero-order valence-corrected chi connectivity index (χ0v) is 9.71. The van der Waals surface area contributed by atoms with Crippen molar-refractivity contribution in [1.29, 1.82) is 0 Å². The molecule has 2 rings (SSSR count). The molecule has 0 amide bonds. The van der Waals surface area contributed by atoms with Gasteiger partial charge in [-0.15, -0.1) is 0 Å². The number of nitrogens with one attached hydrogen (secondary N) is 1. The second-order valence-corrected chi connectivity index (χ2v) is 5.19. The fraction of sp³-hybridized carbons (Fsp3) is 0.917. The van der Waals surface area contributed by atoms with Crippen molar-refractivity contribution in [2.75, 3.05) is 20.2 Å². The minimum absolute atomic E-state index is 0.0231. The Labute approximate surface area is 91.6 Å². The lowest BCUT2D eigenvalue weighted by Crippen LogP contribution is -2.32. The normalized spacial score (nSPS) is 24.7. The van der Waals surface area contributed by atoms with Crippen molar-refractivity contribution in [3.05, 3.63) is 0 Å². The molecule has 1 N–H and O–H groups in total. The lowest BCUT2D eigenvalue weighted by molar-refractivity contribution is -0.144. The monoisotopic (exact) mass is 211 g/mol. The second kappa shape index (κ2) is 4.12. The Morgan fingerprint density at radius 1 is 1.53 bits per heavy atom. The first kappa shape index (κ1) is 10.9. The molecule has 2 aliphatic rings. The molecule has 0 bridgehead atoms. The van der Waals surface area contributed by atoms with Crippen LogP contribution in [0.4, 0.5) is 0 Å². The van der Waals surface area contributed by atoms with Gasteiger partial charge < -0.3 is 10.1 Å². The van der Waals surface area contributed by atoms with Gasteiger partial charge in [0, 0.05) is 13.1 Å². The first-order valence-corrected chi connectivity index (χ1v) is 5.96. The van der Waals surface area contributed by atoms with Crippen LogP contribution in [0, 0.1) is 17.3 Å². The second-order valence-electron chi connectivity index (χ2n) is 5.19. The van der Waals surface area contributed by atoms with Crippen LogP contribution in [0.15, 0.2) is 0 Å². The molecule has 0 radical (unpaired) electrons. The highest BCUT2D eigenvalue weighted by atomic mass is 16.5. The van der Waals surface area contributed by atoms with Gasteiger partial charge in [-0.2, -0.15) is 0 Å². The first-order valence-electron chi connectivity index (χ1n) is 5.96. The predicted octanol–water partition coefficient (Wildman–Crippen LogP) is 1.58. The fourth-order valence-corrected chi connectivity index (χ4v) is 2.41. The van der Waals surface area contributed by atoms with E-state index in [4.69, 9.17) is 4.74 Å². The molecule has 0 spiro atoms. The smallest absolute Gasteiger partial charge is 0.309 e. The highest BCUT2D eigenvalue weighted by Crippen LogP contribution is 2.60. The predicted molar refractivity (Wildman–Crippen MR) is 58.4 cm³/mol. The molecule has 3 heteroatoms. The van der Waals surface area contributed by atoms with E-state index in [0.717, 1.165) is 19.0 Å². The summed E-state index contributed by atoms with van der Waals surface area (Å²) in [5, 5.41) is 3.42. The minimum atomic E-state index is -0.112. The number of hydrogen-bond donors (Lipinski definition) is 1. The molecule has 0 aromatic heterocycles. The van der Waals surface area contributed by atoms with Crippen molar-refractivity contribution < 1.29 is 9.53 Å². The SMILES string of the molecule is COC(=O)C(C)CNCC1(C2CC2)CC1. The van der Waals surface area contributed by atoms with Crippen LogP contribution in [0.1, 0.15) is 32.6 Å². The Balaban J connectivity index is 1.64. The summed E-state index contributed by atoms with van der Waals surface area (Å²) in [5.41, 5.74) is 0.621. The molecule has 2 fully saturated rings. The van der Waals surface area contributed by atoms with E-state index < -0.39 is 0 Å². The van der Waals surface area contributed by atoms with Gasteiger partial charge in [0.25, 0.3) is 0 Å². The molecule has 1 atom stereocenters. The van der Waals surface area contributed by atoms with E-state index in [1.165, 1.54) is 32.8 Å². The molecule has 0 aromatic carbocycles. The Morgan fingerprint density at radius 2 is 2.20 bits per heavy atom. The summed E-state index contributed by atoms with van der Waals surface area (Å²) < 4.78 is 4.69. The van der Waals surface area contributed by atoms with E-state index in [1.54, 1.807) is 0 Å². The molecule has 0 heterocycles. The van der Waals surface area contributed by atoms with E-state index in [0.29, 0.717) is 5.41 Å². The number of hydrogen-bond acceptors (Lipinski definition) is 3. The van der Waals surface area contributed by atoms with Gasteiger partial charge in [0.15, 0.2) is 0 Å². The van der Waals surface area contributed by atoms with Crippen molar-refractivity contribution in [3.8, 4) is 0 Å². The Morgan fingerprint density at radius 3 is 2.67 bits per heavy atom. The highest BCUT2D eigenvalue weighted by Gasteiger charge is 2.53. The zero-order valence-electron chi connectivity index (χ0n) is 9.71. The summed E-state index contributed by atoms with van der Waals surface area (Å²) in [6, 6.07) is 0. The Kier molecular flexibility index (Phi) is 3.01. The standard InChI is InChI=1S/C12H21NO2/c1-9(11(14)15-2)7-13-8-12(5-6-12)10-3-4-10/h9-10,13H,3-8H2,1-2H3. The summed E-state index contributed by atoms with van der Waals surface area (Å²) >= 11 is 0. The van der Waals surface area contributed by atoms with Crippen molar-refractivity contribution in [2.24, 2.45) is 17.3 Å². The molecule has 0 aromatic rings. The number of carbonyl (C=O) groups excluding carboxylic acids is 1. The third-order valence-electron chi connectivity index (χ3n) is 3.87. The summed E-state index contributed by atoms with van der Waals surface area (Å²) in [7, 11) is 1.45. The topological polar surface area (TPSA) is 38.3 Å². The van der Waals surface area contributed by atoms with E-state index >= 15 is 0 Å². The molecule has 2 aliphatic carbocycles. The van der Waals surface area contributed by atoms with Gasteiger partial charge in [0.2, 0.25) is 0 Å². The maximum atomic E-state index is 11.2. The third-order valence-corrected chi connectivity index (χ3v) is 3.87. The quantitative estimate of drug-likeness (QED) is 0.678. The van der Waals surface area contributed by atoms with Gasteiger partial charge in [-0.3, -0.25) is 4.79 Å². The molecule has 0 aliphatic heterocycles. The van der Waals surface area contributed by atoms with Crippen LogP contribution in [-0.2, 0) is 9.53 Å². The van der Waals surface area contributed by atoms with Crippen LogP contribution in [0.5, 0.6) is 0 Å². The average molecular weight is 211 g/mol. The van der Waals surface area contributed by atoms with E-state index in [1.807, 2.05) is 6.92 Å². The molecule has 1 unspecified atom stereocenters. The van der Waals surface area contributed by atoms with Crippen LogP contribution in [-0.4, -0.2) is 26.2 Å². The summed E-state index contributed by atoms with van der Waals surface area (Å²) in [6.45, 7) is 3.76. The number of esters is 1. The average Bonchev–Trinajstić information content (AvgIpc) is 3.06.